The van der Waals surface area contributed by atoms with Gasteiger partial charge in [0.15, 0.2) is 5.84 Å². The largest absolute Gasteiger partial charge is 0.402 e. The molecule has 6 nitrogen and oxygen atoms in total. The van der Waals surface area contributed by atoms with Crippen LogP contribution >= 0.6 is 0 Å². The normalized spacial score (nSPS) is 17.3. The van der Waals surface area contributed by atoms with Crippen molar-refractivity contribution in [2.45, 2.75) is 6.18 Å². The molecule has 0 amide bonds. The zero-order valence-electron chi connectivity index (χ0n) is 12.0. The number of halogens is 3. The number of benzene rings is 1. The van der Waals surface area contributed by atoms with E-state index in [9.17, 15) is 27.6 Å². The molecule has 0 N–H and O–H groups in total. The molecule has 2 rings (SSSR count). The minimum absolute atomic E-state index is 0. The molecule has 0 spiro atoms. The molecule has 25 heavy (non-hydrogen) atoms. The summed E-state index contributed by atoms with van der Waals surface area (Å²) in [5.41, 5.74) is -2.81. The molecule has 10 heteroatoms. The number of alkyl halides is 3. The number of aliphatic imine (C=N–C) groups is 1. The molecule has 0 radical (unpaired) electrons. The SMILES string of the molecule is O=C=C1C(=C=O)C(C(F)(F)F)C(=C=O)N=C1N=Nc1ccccc1.[Fe]. The quantitative estimate of drug-likeness (QED) is 0.420. The first-order valence-corrected chi connectivity index (χ1v) is 6.30. The van der Waals surface area contributed by atoms with E-state index in [-0.39, 0.29) is 17.1 Å². The van der Waals surface area contributed by atoms with Gasteiger partial charge in [0.1, 0.15) is 35.0 Å². The van der Waals surface area contributed by atoms with Crippen molar-refractivity contribution in [2.24, 2.45) is 21.1 Å². The number of allylic oxidation sites excluding steroid dienone is 1. The molecule has 1 atom stereocenters. The summed E-state index contributed by atoms with van der Waals surface area (Å²) < 4.78 is 39.1. The van der Waals surface area contributed by atoms with Gasteiger partial charge in [0, 0.05) is 17.1 Å². The fraction of sp³-hybridized carbons (Fsp3) is 0.133. The second kappa shape index (κ2) is 8.31. The van der Waals surface area contributed by atoms with E-state index in [0.29, 0.717) is 5.69 Å². The maximum atomic E-state index is 13.0. The van der Waals surface area contributed by atoms with Gasteiger partial charge in [0.2, 0.25) is 0 Å². The van der Waals surface area contributed by atoms with Crippen LogP contribution < -0.4 is 0 Å². The molecule has 0 saturated heterocycles. The molecular formula is C15H6F3FeN3O3. The van der Waals surface area contributed by atoms with E-state index < -0.39 is 34.8 Å². The van der Waals surface area contributed by atoms with Crippen LogP contribution in [0.2, 0.25) is 0 Å². The standard InChI is InChI=1S/C15H6F3N3O3.Fe/c16-15(17,18)13-10(6-22)11(7-23)14(19-12(13)8-24)21-20-9-4-2-1-3-5-9;/h1-5,13H;. The number of azo groups is 1. The van der Waals surface area contributed by atoms with Gasteiger partial charge in [0.05, 0.1) is 11.3 Å². The van der Waals surface area contributed by atoms with E-state index in [2.05, 4.69) is 15.2 Å². The number of hydrogen-bond donors (Lipinski definition) is 0. The van der Waals surface area contributed by atoms with Crippen molar-refractivity contribution >= 4 is 29.3 Å². The molecule has 1 heterocycles. The van der Waals surface area contributed by atoms with Crippen LogP contribution in [-0.2, 0) is 31.5 Å². The number of hydrogen-bond acceptors (Lipinski definition) is 6. The third-order valence-corrected chi connectivity index (χ3v) is 2.94. The average Bonchev–Trinajstić information content (AvgIpc) is 2.58. The van der Waals surface area contributed by atoms with Crippen LogP contribution in [-0.4, -0.2) is 29.8 Å². The Labute approximate surface area is 149 Å². The van der Waals surface area contributed by atoms with Crippen molar-refractivity contribution in [3.8, 4) is 0 Å². The second-order valence-electron chi connectivity index (χ2n) is 4.43. The van der Waals surface area contributed by atoms with Gasteiger partial charge in [0.25, 0.3) is 0 Å². The zero-order valence-corrected chi connectivity index (χ0v) is 13.1. The predicted molar refractivity (Wildman–Crippen MR) is 75.6 cm³/mol. The molecule has 1 unspecified atom stereocenters. The Morgan fingerprint density at radius 2 is 1.60 bits per heavy atom. The molecule has 128 valence electrons. The fourth-order valence-corrected chi connectivity index (χ4v) is 1.92. The third-order valence-electron chi connectivity index (χ3n) is 2.94. The molecule has 1 aromatic carbocycles. The molecule has 0 fully saturated rings. The first-order valence-electron chi connectivity index (χ1n) is 6.30. The Morgan fingerprint density at radius 1 is 0.960 bits per heavy atom. The Kier molecular flexibility index (Phi) is 6.71. The molecule has 0 aliphatic carbocycles. The van der Waals surface area contributed by atoms with Crippen molar-refractivity contribution < 1.29 is 44.6 Å². The third kappa shape index (κ3) is 4.37. The van der Waals surface area contributed by atoms with Gasteiger partial charge >= 0.3 is 6.18 Å². The minimum Gasteiger partial charge on any atom is -0.233 e. The predicted octanol–water partition coefficient (Wildman–Crippen LogP) is 2.59. The van der Waals surface area contributed by atoms with Crippen molar-refractivity contribution in [1.82, 2.24) is 0 Å². The summed E-state index contributed by atoms with van der Waals surface area (Å²) >= 11 is 0. The van der Waals surface area contributed by atoms with Gasteiger partial charge in [-0.1, -0.05) is 18.2 Å². The summed E-state index contributed by atoms with van der Waals surface area (Å²) in [4.78, 5) is 36.1. The summed E-state index contributed by atoms with van der Waals surface area (Å²) in [6, 6.07) is 8.01. The first kappa shape index (κ1) is 20.2. The molecule has 1 aliphatic heterocycles. The summed E-state index contributed by atoms with van der Waals surface area (Å²) in [7, 11) is 0. The number of rotatable bonds is 1. The Hall–Kier alpha value is -2.85. The van der Waals surface area contributed by atoms with Crippen LogP contribution in [0.1, 0.15) is 0 Å². The summed E-state index contributed by atoms with van der Waals surface area (Å²) in [6.07, 6.45) is -5.03. The first-order chi connectivity index (χ1) is 11.4. The number of carbonyl (C=O) groups excluding carboxylic acids is 3. The van der Waals surface area contributed by atoms with Gasteiger partial charge in [-0.25, -0.2) is 19.4 Å². The summed E-state index contributed by atoms with van der Waals surface area (Å²) in [6.45, 7) is 0. The van der Waals surface area contributed by atoms with Crippen LogP contribution in [0, 0.1) is 5.92 Å². The Balaban J connectivity index is 0.00000312. The van der Waals surface area contributed by atoms with Gasteiger partial charge in [-0.3, -0.25) is 0 Å². The van der Waals surface area contributed by atoms with Crippen molar-refractivity contribution in [3.63, 3.8) is 0 Å². The molecule has 0 saturated carbocycles. The monoisotopic (exact) mass is 389 g/mol. The maximum absolute atomic E-state index is 13.0. The topological polar surface area (TPSA) is 88.3 Å². The molecule has 1 aromatic rings. The molecule has 1 aliphatic rings. The summed E-state index contributed by atoms with van der Waals surface area (Å²) in [5, 5.41) is 7.21. The number of nitrogens with zero attached hydrogens (tertiary/aromatic N) is 3. The second-order valence-corrected chi connectivity index (χ2v) is 4.43. The van der Waals surface area contributed by atoms with Crippen molar-refractivity contribution in [3.05, 3.63) is 47.2 Å². The van der Waals surface area contributed by atoms with Crippen LogP contribution in [0.15, 0.2) is 62.4 Å². The Bertz CT molecular complexity index is 874. The zero-order chi connectivity index (χ0) is 17.7. The molecule has 0 aromatic heterocycles. The van der Waals surface area contributed by atoms with E-state index >= 15 is 0 Å². The molecular weight excluding hydrogens is 383 g/mol. The molecule has 0 bridgehead atoms. The van der Waals surface area contributed by atoms with Crippen LogP contribution in [0.3, 0.4) is 0 Å². The fourth-order valence-electron chi connectivity index (χ4n) is 1.92. The van der Waals surface area contributed by atoms with Crippen molar-refractivity contribution in [2.75, 3.05) is 0 Å². The average molecular weight is 389 g/mol. The van der Waals surface area contributed by atoms with Gasteiger partial charge in [-0.15, -0.1) is 10.2 Å². The van der Waals surface area contributed by atoms with E-state index in [4.69, 9.17) is 0 Å². The Morgan fingerprint density at radius 3 is 2.08 bits per heavy atom. The van der Waals surface area contributed by atoms with E-state index in [1.54, 1.807) is 18.2 Å². The van der Waals surface area contributed by atoms with Crippen LogP contribution in [0.5, 0.6) is 0 Å². The smallest absolute Gasteiger partial charge is 0.233 e. The maximum Gasteiger partial charge on any atom is 0.402 e. The van der Waals surface area contributed by atoms with E-state index in [0.717, 1.165) is 11.9 Å². The van der Waals surface area contributed by atoms with Crippen LogP contribution in [0.25, 0.3) is 0 Å². The summed E-state index contributed by atoms with van der Waals surface area (Å²) in [5.74, 6) is -0.147. The van der Waals surface area contributed by atoms with Crippen LogP contribution in [0.4, 0.5) is 18.9 Å². The van der Waals surface area contributed by atoms with Gasteiger partial charge in [-0.05, 0) is 12.1 Å². The van der Waals surface area contributed by atoms with Gasteiger partial charge < -0.3 is 0 Å². The van der Waals surface area contributed by atoms with E-state index in [1.165, 1.54) is 18.1 Å². The van der Waals surface area contributed by atoms with E-state index in [1.807, 2.05) is 0 Å². The van der Waals surface area contributed by atoms with Gasteiger partial charge in [-0.2, -0.15) is 13.2 Å². The minimum atomic E-state index is -5.03. The number of amidine groups is 1. The van der Waals surface area contributed by atoms with Crippen molar-refractivity contribution in [1.29, 1.82) is 0 Å².